The zero-order chi connectivity index (χ0) is 9.31. The molecule has 0 saturated heterocycles. The second kappa shape index (κ2) is 3.18. The molecule has 1 spiro atoms. The Hall–Kier alpha value is -0.770. The molecule has 1 saturated carbocycles. The first kappa shape index (κ1) is 8.81. The monoisotopic (exact) mass is 184 g/mol. The van der Waals surface area contributed by atoms with E-state index in [9.17, 15) is 0 Å². The van der Waals surface area contributed by atoms with Crippen LogP contribution in [0.3, 0.4) is 0 Å². The molecule has 0 atom stereocenters. The summed E-state index contributed by atoms with van der Waals surface area (Å²) in [5.74, 6) is 0. The van der Waals surface area contributed by atoms with Crippen LogP contribution in [0.15, 0.2) is 4.99 Å². The van der Waals surface area contributed by atoms with Gasteiger partial charge in [0, 0.05) is 7.11 Å². The molecule has 0 aromatic rings. The van der Waals surface area contributed by atoms with Crippen molar-refractivity contribution in [3.63, 3.8) is 0 Å². The minimum Gasteiger partial charge on any atom is -0.463 e. The molecule has 2 rings (SSSR count). The maximum atomic E-state index is 5.50. The van der Waals surface area contributed by atoms with Crippen LogP contribution in [0, 0.1) is 0 Å². The van der Waals surface area contributed by atoms with Crippen molar-refractivity contribution in [2.24, 2.45) is 10.7 Å². The molecule has 1 aliphatic carbocycles. The van der Waals surface area contributed by atoms with Crippen LogP contribution >= 0.6 is 0 Å². The van der Waals surface area contributed by atoms with Crippen molar-refractivity contribution in [1.82, 2.24) is 0 Å². The fourth-order valence-electron chi connectivity index (χ4n) is 2.13. The first-order valence-corrected chi connectivity index (χ1v) is 4.75. The van der Waals surface area contributed by atoms with Crippen molar-refractivity contribution in [2.45, 2.75) is 37.3 Å². The lowest BCUT2D eigenvalue weighted by Crippen LogP contribution is -2.36. The second-order valence-corrected chi connectivity index (χ2v) is 3.90. The maximum Gasteiger partial charge on any atom is 0.282 e. The largest absolute Gasteiger partial charge is 0.463 e. The molecule has 0 aromatic heterocycles. The predicted octanol–water partition coefficient (Wildman–Crippen LogP) is 0.659. The summed E-state index contributed by atoms with van der Waals surface area (Å²) in [6.45, 7) is 0.662. The number of hydrogen-bond acceptors (Lipinski definition) is 4. The molecule has 1 heterocycles. The Balaban J connectivity index is 1.97. The van der Waals surface area contributed by atoms with Gasteiger partial charge in [0.2, 0.25) is 0 Å². The molecule has 4 heteroatoms. The van der Waals surface area contributed by atoms with Crippen LogP contribution in [-0.4, -0.2) is 31.4 Å². The molecular weight excluding hydrogens is 168 g/mol. The highest BCUT2D eigenvalue weighted by Gasteiger charge is 2.39. The smallest absolute Gasteiger partial charge is 0.282 e. The topological polar surface area (TPSA) is 56.8 Å². The van der Waals surface area contributed by atoms with E-state index in [0.29, 0.717) is 18.7 Å². The lowest BCUT2D eigenvalue weighted by atomic mass is 9.82. The molecule has 13 heavy (non-hydrogen) atoms. The molecule has 2 N–H and O–H groups in total. The van der Waals surface area contributed by atoms with Gasteiger partial charge < -0.3 is 15.2 Å². The number of aliphatic imine (C=N–C) groups is 1. The summed E-state index contributed by atoms with van der Waals surface area (Å²) >= 11 is 0. The van der Waals surface area contributed by atoms with Crippen molar-refractivity contribution < 1.29 is 9.47 Å². The molecule has 0 bridgehead atoms. The third kappa shape index (κ3) is 1.63. The zero-order valence-corrected chi connectivity index (χ0v) is 7.95. The van der Waals surface area contributed by atoms with Gasteiger partial charge in [0.25, 0.3) is 6.02 Å². The fraction of sp³-hybridized carbons (Fsp3) is 0.889. The molecular formula is C9H16N2O2. The van der Waals surface area contributed by atoms with E-state index in [4.69, 9.17) is 15.2 Å². The van der Waals surface area contributed by atoms with Crippen LogP contribution in [0.25, 0.3) is 0 Å². The van der Waals surface area contributed by atoms with E-state index in [1.165, 1.54) is 0 Å². The summed E-state index contributed by atoms with van der Waals surface area (Å²) in [4.78, 5) is 4.36. The molecule has 2 aliphatic rings. The summed E-state index contributed by atoms with van der Waals surface area (Å²) < 4.78 is 10.5. The van der Waals surface area contributed by atoms with Crippen LogP contribution in [0.4, 0.5) is 0 Å². The van der Waals surface area contributed by atoms with Gasteiger partial charge in [-0.05, 0) is 25.7 Å². The van der Waals surface area contributed by atoms with E-state index >= 15 is 0 Å². The Labute approximate surface area is 78.1 Å². The maximum absolute atomic E-state index is 5.50. The highest BCUT2D eigenvalue weighted by molar-refractivity contribution is 5.73. The van der Waals surface area contributed by atoms with Crippen molar-refractivity contribution in [2.75, 3.05) is 13.7 Å². The van der Waals surface area contributed by atoms with Crippen LogP contribution in [-0.2, 0) is 9.47 Å². The Kier molecular flexibility index (Phi) is 2.15. The molecule has 0 aromatic carbocycles. The number of nitrogens with two attached hydrogens (primary N) is 1. The molecule has 0 amide bonds. The number of hydrogen-bond donors (Lipinski definition) is 1. The third-order valence-electron chi connectivity index (χ3n) is 3.03. The van der Waals surface area contributed by atoms with Gasteiger partial charge in [-0.15, -0.1) is 0 Å². The first-order valence-electron chi connectivity index (χ1n) is 4.75. The van der Waals surface area contributed by atoms with Crippen LogP contribution in [0.1, 0.15) is 25.7 Å². The van der Waals surface area contributed by atoms with E-state index in [1.54, 1.807) is 7.11 Å². The van der Waals surface area contributed by atoms with Gasteiger partial charge in [0.15, 0.2) is 0 Å². The van der Waals surface area contributed by atoms with E-state index in [1.807, 2.05) is 0 Å². The lowest BCUT2D eigenvalue weighted by molar-refractivity contribution is 0.0448. The first-order chi connectivity index (χ1) is 6.24. The van der Waals surface area contributed by atoms with Crippen LogP contribution < -0.4 is 5.73 Å². The van der Waals surface area contributed by atoms with Crippen LogP contribution in [0.5, 0.6) is 0 Å². The van der Waals surface area contributed by atoms with Gasteiger partial charge in [0.05, 0.1) is 6.10 Å². The number of rotatable bonds is 1. The normalized spacial score (nSPS) is 38.8. The molecule has 0 unspecified atom stereocenters. The lowest BCUT2D eigenvalue weighted by Gasteiger charge is -2.32. The van der Waals surface area contributed by atoms with Crippen molar-refractivity contribution in [3.05, 3.63) is 0 Å². The predicted molar refractivity (Wildman–Crippen MR) is 49.6 cm³/mol. The third-order valence-corrected chi connectivity index (χ3v) is 3.03. The van der Waals surface area contributed by atoms with E-state index in [-0.39, 0.29) is 5.54 Å². The van der Waals surface area contributed by atoms with Crippen molar-refractivity contribution in [1.29, 1.82) is 0 Å². The zero-order valence-electron chi connectivity index (χ0n) is 7.95. The Morgan fingerprint density at radius 1 is 1.54 bits per heavy atom. The van der Waals surface area contributed by atoms with Gasteiger partial charge in [0.1, 0.15) is 12.1 Å². The van der Waals surface area contributed by atoms with Crippen LogP contribution in [0.2, 0.25) is 0 Å². The summed E-state index contributed by atoms with van der Waals surface area (Å²) in [5, 5.41) is 0. The van der Waals surface area contributed by atoms with Gasteiger partial charge in [-0.3, -0.25) is 0 Å². The van der Waals surface area contributed by atoms with E-state index in [0.717, 1.165) is 25.7 Å². The van der Waals surface area contributed by atoms with E-state index < -0.39 is 0 Å². The van der Waals surface area contributed by atoms with Gasteiger partial charge in [-0.25, -0.2) is 4.99 Å². The Bertz CT molecular complexity index is 220. The van der Waals surface area contributed by atoms with Gasteiger partial charge in [-0.2, -0.15) is 0 Å². The van der Waals surface area contributed by atoms with E-state index in [2.05, 4.69) is 4.99 Å². The fourth-order valence-corrected chi connectivity index (χ4v) is 2.13. The van der Waals surface area contributed by atoms with Crippen molar-refractivity contribution in [3.8, 4) is 0 Å². The quantitative estimate of drug-likeness (QED) is 0.651. The number of ether oxygens (including phenoxy) is 2. The van der Waals surface area contributed by atoms with Gasteiger partial charge in [-0.1, -0.05) is 0 Å². The second-order valence-electron chi connectivity index (χ2n) is 3.90. The minimum atomic E-state index is -0.0148. The molecule has 74 valence electrons. The molecule has 1 fully saturated rings. The Morgan fingerprint density at radius 2 is 2.23 bits per heavy atom. The average Bonchev–Trinajstić information content (AvgIpc) is 2.49. The summed E-state index contributed by atoms with van der Waals surface area (Å²) in [5.41, 5.74) is 5.49. The summed E-state index contributed by atoms with van der Waals surface area (Å²) in [6, 6.07) is 0.357. The highest BCUT2D eigenvalue weighted by Crippen LogP contribution is 2.35. The highest BCUT2D eigenvalue weighted by atomic mass is 16.5. The Morgan fingerprint density at radius 3 is 2.69 bits per heavy atom. The minimum absolute atomic E-state index is 0.0148. The molecule has 0 radical (unpaired) electrons. The number of nitrogens with zero attached hydrogens (tertiary/aromatic N) is 1. The molecule has 1 aliphatic heterocycles. The summed E-state index contributed by atoms with van der Waals surface area (Å²) in [7, 11) is 1.77. The van der Waals surface area contributed by atoms with Gasteiger partial charge >= 0.3 is 0 Å². The number of amidine groups is 1. The van der Waals surface area contributed by atoms with Crippen molar-refractivity contribution >= 4 is 6.02 Å². The average molecular weight is 184 g/mol. The number of methoxy groups -OCH3 is 1. The molecule has 4 nitrogen and oxygen atoms in total. The summed E-state index contributed by atoms with van der Waals surface area (Å²) in [6.07, 6.45) is 4.61. The SMILES string of the molecule is COC1CCC2(CC1)COC(N)=N2. The standard InChI is InChI=1S/C9H16N2O2/c1-12-7-2-4-9(5-3-7)6-13-8(10)11-9/h7H,2-6H2,1H3,(H2,10,11).